The van der Waals surface area contributed by atoms with Gasteiger partial charge in [0.15, 0.2) is 0 Å². The van der Waals surface area contributed by atoms with Crippen LogP contribution in [0.4, 0.5) is 5.69 Å². The Morgan fingerprint density at radius 1 is 1.29 bits per heavy atom. The molecule has 6 heteroatoms. The quantitative estimate of drug-likeness (QED) is 0.911. The molecule has 0 spiro atoms. The van der Waals surface area contributed by atoms with Gasteiger partial charge in [0.25, 0.3) is 0 Å². The van der Waals surface area contributed by atoms with Gasteiger partial charge >= 0.3 is 0 Å². The SMILES string of the molecule is Cl.O=C(CCC1CCCN1)Nc1ccc2nccnc2c1. The summed E-state index contributed by atoms with van der Waals surface area (Å²) >= 11 is 0. The third-order valence-electron chi connectivity index (χ3n) is 3.64. The van der Waals surface area contributed by atoms with Gasteiger partial charge in [-0.3, -0.25) is 14.8 Å². The number of nitrogens with zero attached hydrogens (tertiary/aromatic N) is 2. The molecule has 1 aliphatic rings. The van der Waals surface area contributed by atoms with E-state index in [-0.39, 0.29) is 18.3 Å². The lowest BCUT2D eigenvalue weighted by Crippen LogP contribution is -2.23. The zero-order chi connectivity index (χ0) is 13.8. The fourth-order valence-corrected chi connectivity index (χ4v) is 2.57. The van der Waals surface area contributed by atoms with Crippen LogP contribution in [0.25, 0.3) is 11.0 Å². The van der Waals surface area contributed by atoms with Crippen molar-refractivity contribution in [2.45, 2.75) is 31.7 Å². The van der Waals surface area contributed by atoms with E-state index in [1.807, 2.05) is 18.2 Å². The van der Waals surface area contributed by atoms with Crippen molar-refractivity contribution in [1.29, 1.82) is 0 Å². The summed E-state index contributed by atoms with van der Waals surface area (Å²) in [4.78, 5) is 20.4. The Labute approximate surface area is 130 Å². The number of carbonyl (C=O) groups is 1. The molecule has 21 heavy (non-hydrogen) atoms. The summed E-state index contributed by atoms with van der Waals surface area (Å²) in [6.07, 6.45) is 7.17. The van der Waals surface area contributed by atoms with Gasteiger partial charge in [0, 0.05) is 30.5 Å². The maximum atomic E-state index is 11.9. The van der Waals surface area contributed by atoms with Crippen LogP contribution in [-0.4, -0.2) is 28.5 Å². The Morgan fingerprint density at radius 2 is 2.10 bits per heavy atom. The summed E-state index contributed by atoms with van der Waals surface area (Å²) in [6, 6.07) is 6.09. The van der Waals surface area contributed by atoms with E-state index in [2.05, 4.69) is 20.6 Å². The zero-order valence-corrected chi connectivity index (χ0v) is 12.5. The first kappa shape index (κ1) is 15.7. The molecular formula is C15H19ClN4O. The Hall–Kier alpha value is -1.72. The third kappa shape index (κ3) is 4.12. The van der Waals surface area contributed by atoms with Gasteiger partial charge < -0.3 is 10.6 Å². The van der Waals surface area contributed by atoms with Gasteiger partial charge in [0.05, 0.1) is 11.0 Å². The highest BCUT2D eigenvalue weighted by Crippen LogP contribution is 2.16. The molecule has 1 unspecified atom stereocenters. The normalized spacial score (nSPS) is 17.4. The molecule has 5 nitrogen and oxygen atoms in total. The number of hydrogen-bond donors (Lipinski definition) is 2. The van der Waals surface area contributed by atoms with E-state index in [0.717, 1.165) is 29.7 Å². The molecule has 0 radical (unpaired) electrons. The molecule has 3 rings (SSSR count). The molecule has 1 fully saturated rings. The molecule has 1 aromatic heterocycles. The minimum atomic E-state index is 0. The van der Waals surface area contributed by atoms with Crippen molar-refractivity contribution in [3.8, 4) is 0 Å². The Balaban J connectivity index is 0.00000161. The van der Waals surface area contributed by atoms with Crippen LogP contribution < -0.4 is 10.6 Å². The minimum Gasteiger partial charge on any atom is -0.326 e. The van der Waals surface area contributed by atoms with Gasteiger partial charge in [-0.25, -0.2) is 0 Å². The predicted octanol–water partition coefficient (Wildman–Crippen LogP) is 2.52. The Morgan fingerprint density at radius 3 is 2.86 bits per heavy atom. The van der Waals surface area contributed by atoms with Gasteiger partial charge in [-0.15, -0.1) is 12.4 Å². The fraction of sp³-hybridized carbons (Fsp3) is 0.400. The van der Waals surface area contributed by atoms with Crippen LogP contribution in [0.5, 0.6) is 0 Å². The number of halogens is 1. The second kappa shape index (κ2) is 7.33. The van der Waals surface area contributed by atoms with Crippen LogP contribution in [0, 0.1) is 0 Å². The molecule has 2 aromatic rings. The molecule has 1 atom stereocenters. The number of carbonyl (C=O) groups excluding carboxylic acids is 1. The van der Waals surface area contributed by atoms with E-state index in [1.165, 1.54) is 12.8 Å². The highest BCUT2D eigenvalue weighted by molar-refractivity contribution is 5.92. The van der Waals surface area contributed by atoms with Crippen molar-refractivity contribution < 1.29 is 4.79 Å². The van der Waals surface area contributed by atoms with E-state index < -0.39 is 0 Å². The topological polar surface area (TPSA) is 66.9 Å². The largest absolute Gasteiger partial charge is 0.326 e. The summed E-state index contributed by atoms with van der Waals surface area (Å²) in [6.45, 7) is 1.08. The molecular weight excluding hydrogens is 288 g/mol. The summed E-state index contributed by atoms with van der Waals surface area (Å²) < 4.78 is 0. The van der Waals surface area contributed by atoms with Crippen LogP contribution in [0.2, 0.25) is 0 Å². The molecule has 0 bridgehead atoms. The zero-order valence-electron chi connectivity index (χ0n) is 11.7. The molecule has 0 aliphatic carbocycles. The van der Waals surface area contributed by atoms with Crippen molar-refractivity contribution in [2.75, 3.05) is 11.9 Å². The fourth-order valence-electron chi connectivity index (χ4n) is 2.57. The van der Waals surface area contributed by atoms with E-state index in [1.54, 1.807) is 12.4 Å². The number of benzene rings is 1. The van der Waals surface area contributed by atoms with Crippen LogP contribution in [0.1, 0.15) is 25.7 Å². The van der Waals surface area contributed by atoms with Crippen molar-refractivity contribution in [3.63, 3.8) is 0 Å². The van der Waals surface area contributed by atoms with E-state index in [4.69, 9.17) is 0 Å². The number of aromatic nitrogens is 2. The first-order valence-corrected chi connectivity index (χ1v) is 7.05. The van der Waals surface area contributed by atoms with Crippen molar-refractivity contribution in [2.24, 2.45) is 0 Å². The van der Waals surface area contributed by atoms with Crippen LogP contribution in [0.3, 0.4) is 0 Å². The number of nitrogens with one attached hydrogen (secondary N) is 2. The Kier molecular flexibility index (Phi) is 5.47. The smallest absolute Gasteiger partial charge is 0.224 e. The van der Waals surface area contributed by atoms with Gasteiger partial charge in [0.1, 0.15) is 0 Å². The van der Waals surface area contributed by atoms with E-state index in [9.17, 15) is 4.79 Å². The lowest BCUT2D eigenvalue weighted by molar-refractivity contribution is -0.116. The second-order valence-electron chi connectivity index (χ2n) is 5.14. The highest BCUT2D eigenvalue weighted by atomic mass is 35.5. The molecule has 0 saturated carbocycles. The van der Waals surface area contributed by atoms with Crippen molar-refractivity contribution in [3.05, 3.63) is 30.6 Å². The number of hydrogen-bond acceptors (Lipinski definition) is 4. The maximum absolute atomic E-state index is 11.9. The van der Waals surface area contributed by atoms with E-state index >= 15 is 0 Å². The molecule has 2 heterocycles. The first-order valence-electron chi connectivity index (χ1n) is 7.05. The number of amides is 1. The molecule has 112 valence electrons. The average molecular weight is 307 g/mol. The molecule has 1 aromatic carbocycles. The first-order chi connectivity index (χ1) is 9.81. The lowest BCUT2D eigenvalue weighted by atomic mass is 10.1. The number of anilines is 1. The van der Waals surface area contributed by atoms with Crippen LogP contribution in [0.15, 0.2) is 30.6 Å². The molecule has 1 amide bonds. The molecule has 1 aliphatic heterocycles. The summed E-state index contributed by atoms with van der Waals surface area (Å²) in [7, 11) is 0. The van der Waals surface area contributed by atoms with Gasteiger partial charge in [-0.05, 0) is 44.0 Å². The highest BCUT2D eigenvalue weighted by Gasteiger charge is 2.15. The number of fused-ring (bicyclic) bond motifs is 1. The van der Waals surface area contributed by atoms with Crippen LogP contribution >= 0.6 is 12.4 Å². The van der Waals surface area contributed by atoms with Gasteiger partial charge in [0.2, 0.25) is 5.91 Å². The standard InChI is InChI=1S/C15H18N4O.ClH/c20-15(6-4-11-2-1-7-16-11)19-12-3-5-13-14(10-12)18-9-8-17-13;/h3,5,8-11,16H,1-2,4,6-7H2,(H,19,20);1H. The average Bonchev–Trinajstić information content (AvgIpc) is 2.98. The summed E-state index contributed by atoms with van der Waals surface area (Å²) in [5.74, 6) is 0.0574. The van der Waals surface area contributed by atoms with Gasteiger partial charge in [-0.2, -0.15) is 0 Å². The lowest BCUT2D eigenvalue weighted by Gasteiger charge is -2.10. The van der Waals surface area contributed by atoms with Crippen molar-refractivity contribution in [1.82, 2.24) is 15.3 Å². The van der Waals surface area contributed by atoms with E-state index in [0.29, 0.717) is 12.5 Å². The van der Waals surface area contributed by atoms with Crippen LogP contribution in [-0.2, 0) is 4.79 Å². The predicted molar refractivity (Wildman–Crippen MR) is 85.7 cm³/mol. The monoisotopic (exact) mass is 306 g/mol. The Bertz CT molecular complexity index is 613. The minimum absolute atomic E-state index is 0. The molecule has 1 saturated heterocycles. The van der Waals surface area contributed by atoms with Gasteiger partial charge in [-0.1, -0.05) is 0 Å². The van der Waals surface area contributed by atoms with Crippen molar-refractivity contribution >= 4 is 35.0 Å². The number of rotatable bonds is 4. The second-order valence-corrected chi connectivity index (χ2v) is 5.14. The summed E-state index contributed by atoms with van der Waals surface area (Å²) in [5.41, 5.74) is 2.41. The summed E-state index contributed by atoms with van der Waals surface area (Å²) in [5, 5.41) is 6.33. The molecule has 2 N–H and O–H groups in total. The maximum Gasteiger partial charge on any atom is 0.224 e. The third-order valence-corrected chi connectivity index (χ3v) is 3.64.